The minimum absolute atomic E-state index is 0.0709. The molecule has 0 unspecified atom stereocenters. The van der Waals surface area contributed by atoms with E-state index in [1.807, 2.05) is 17.0 Å². The van der Waals surface area contributed by atoms with E-state index in [4.69, 9.17) is 4.74 Å². The van der Waals surface area contributed by atoms with Crippen LogP contribution in [0.2, 0.25) is 0 Å². The topological polar surface area (TPSA) is 44.8 Å². The van der Waals surface area contributed by atoms with E-state index in [2.05, 4.69) is 22.3 Å². The first-order valence-corrected chi connectivity index (χ1v) is 8.76. The molecule has 1 N–H and O–H groups in total. The highest BCUT2D eigenvalue weighted by molar-refractivity contribution is 5.74. The summed E-state index contributed by atoms with van der Waals surface area (Å²) in [6.07, 6.45) is 0. The van der Waals surface area contributed by atoms with Crippen LogP contribution in [0.25, 0.3) is 0 Å². The number of benzene rings is 2. The molecular weight excluding hydrogens is 333 g/mol. The number of hydrogen-bond acceptors (Lipinski definition) is 3. The van der Waals surface area contributed by atoms with Crippen molar-refractivity contribution < 1.29 is 13.9 Å². The van der Waals surface area contributed by atoms with Gasteiger partial charge in [0.2, 0.25) is 0 Å². The van der Waals surface area contributed by atoms with Crippen LogP contribution in [0.3, 0.4) is 0 Å². The smallest absolute Gasteiger partial charge is 0.317 e. The zero-order valence-electron chi connectivity index (χ0n) is 15.0. The van der Waals surface area contributed by atoms with E-state index in [1.165, 1.54) is 17.7 Å². The molecule has 1 aliphatic rings. The highest BCUT2D eigenvalue weighted by atomic mass is 19.1. The fourth-order valence-electron chi connectivity index (χ4n) is 2.99. The number of methoxy groups -OCH3 is 1. The number of rotatable bonds is 5. The van der Waals surface area contributed by atoms with Crippen molar-refractivity contribution in [3.63, 3.8) is 0 Å². The SMILES string of the molecule is COc1ccc(CN2CCN(C(=O)NCc3ccc(F)cc3)CC2)cc1. The molecule has 138 valence electrons. The molecule has 1 heterocycles. The molecule has 5 nitrogen and oxygen atoms in total. The Morgan fingerprint density at radius 3 is 2.23 bits per heavy atom. The van der Waals surface area contributed by atoms with Gasteiger partial charge in [-0.15, -0.1) is 0 Å². The summed E-state index contributed by atoms with van der Waals surface area (Å²) in [5.74, 6) is 0.587. The van der Waals surface area contributed by atoms with E-state index in [9.17, 15) is 9.18 Å². The number of urea groups is 1. The van der Waals surface area contributed by atoms with Gasteiger partial charge in [-0.25, -0.2) is 9.18 Å². The highest BCUT2D eigenvalue weighted by Crippen LogP contribution is 2.14. The summed E-state index contributed by atoms with van der Waals surface area (Å²) < 4.78 is 18.1. The quantitative estimate of drug-likeness (QED) is 0.895. The Kier molecular flexibility index (Phi) is 6.07. The first-order valence-electron chi connectivity index (χ1n) is 8.76. The van der Waals surface area contributed by atoms with Crippen LogP contribution in [0.1, 0.15) is 11.1 Å². The normalized spacial score (nSPS) is 14.9. The van der Waals surface area contributed by atoms with Gasteiger partial charge in [0.15, 0.2) is 0 Å². The van der Waals surface area contributed by atoms with Gasteiger partial charge in [0, 0.05) is 39.3 Å². The monoisotopic (exact) mass is 357 g/mol. The van der Waals surface area contributed by atoms with Crippen molar-refractivity contribution >= 4 is 6.03 Å². The summed E-state index contributed by atoms with van der Waals surface area (Å²) in [6, 6.07) is 14.2. The molecule has 2 amide bonds. The Morgan fingerprint density at radius 1 is 1.00 bits per heavy atom. The molecule has 0 aromatic heterocycles. The molecule has 1 fully saturated rings. The van der Waals surface area contributed by atoms with Gasteiger partial charge in [-0.2, -0.15) is 0 Å². The Balaban J connectivity index is 1.42. The van der Waals surface area contributed by atoms with Crippen LogP contribution in [0.4, 0.5) is 9.18 Å². The van der Waals surface area contributed by atoms with Crippen LogP contribution < -0.4 is 10.1 Å². The second kappa shape index (κ2) is 8.67. The number of piperazine rings is 1. The molecule has 6 heteroatoms. The molecule has 1 saturated heterocycles. The maximum absolute atomic E-state index is 12.9. The predicted molar refractivity (Wildman–Crippen MR) is 98.5 cm³/mol. The third-order valence-electron chi connectivity index (χ3n) is 4.58. The summed E-state index contributed by atoms with van der Waals surface area (Å²) in [5, 5.41) is 2.90. The molecule has 0 radical (unpaired) electrons. The van der Waals surface area contributed by atoms with Crippen molar-refractivity contribution in [3.8, 4) is 5.75 Å². The molecule has 0 bridgehead atoms. The van der Waals surface area contributed by atoms with Gasteiger partial charge in [0.25, 0.3) is 0 Å². The third kappa shape index (κ3) is 4.95. The van der Waals surface area contributed by atoms with Crippen molar-refractivity contribution in [1.82, 2.24) is 15.1 Å². The van der Waals surface area contributed by atoms with Gasteiger partial charge in [0.1, 0.15) is 11.6 Å². The largest absolute Gasteiger partial charge is 0.497 e. The van der Waals surface area contributed by atoms with E-state index in [1.54, 1.807) is 19.2 Å². The van der Waals surface area contributed by atoms with Crippen LogP contribution in [-0.4, -0.2) is 49.1 Å². The summed E-state index contributed by atoms with van der Waals surface area (Å²) in [4.78, 5) is 16.4. The third-order valence-corrected chi connectivity index (χ3v) is 4.58. The summed E-state index contributed by atoms with van der Waals surface area (Å²) in [6.45, 7) is 4.36. The van der Waals surface area contributed by atoms with Crippen molar-refractivity contribution in [2.24, 2.45) is 0 Å². The second-order valence-corrected chi connectivity index (χ2v) is 6.40. The number of amides is 2. The number of ether oxygens (including phenoxy) is 1. The first-order chi connectivity index (χ1) is 12.6. The minimum Gasteiger partial charge on any atom is -0.497 e. The maximum atomic E-state index is 12.9. The van der Waals surface area contributed by atoms with Gasteiger partial charge < -0.3 is 15.0 Å². The summed E-state index contributed by atoms with van der Waals surface area (Å²) in [5.41, 5.74) is 2.12. The number of hydrogen-bond donors (Lipinski definition) is 1. The van der Waals surface area contributed by atoms with E-state index in [0.29, 0.717) is 19.6 Å². The summed E-state index contributed by atoms with van der Waals surface area (Å²) in [7, 11) is 1.66. The molecule has 2 aromatic rings. The minimum atomic E-state index is -0.270. The fourth-order valence-corrected chi connectivity index (χ4v) is 2.99. The maximum Gasteiger partial charge on any atom is 0.317 e. The van der Waals surface area contributed by atoms with Gasteiger partial charge >= 0.3 is 6.03 Å². The van der Waals surface area contributed by atoms with E-state index in [-0.39, 0.29) is 11.8 Å². The average Bonchev–Trinajstić information content (AvgIpc) is 2.68. The number of nitrogens with zero attached hydrogens (tertiary/aromatic N) is 2. The lowest BCUT2D eigenvalue weighted by Gasteiger charge is -2.34. The van der Waals surface area contributed by atoms with Gasteiger partial charge in [-0.05, 0) is 35.4 Å². The molecular formula is C20H24FN3O2. The number of halogens is 1. The molecule has 0 atom stereocenters. The Morgan fingerprint density at radius 2 is 1.62 bits per heavy atom. The lowest BCUT2D eigenvalue weighted by molar-refractivity contribution is 0.135. The predicted octanol–water partition coefficient (Wildman–Crippen LogP) is 2.86. The van der Waals surface area contributed by atoms with Gasteiger partial charge in [-0.1, -0.05) is 24.3 Å². The number of nitrogens with one attached hydrogen (secondary N) is 1. The van der Waals surface area contributed by atoms with Crippen molar-refractivity contribution in [2.75, 3.05) is 33.3 Å². The summed E-state index contributed by atoms with van der Waals surface area (Å²) >= 11 is 0. The van der Waals surface area contributed by atoms with Crippen molar-refractivity contribution in [1.29, 1.82) is 0 Å². The van der Waals surface area contributed by atoms with Crippen LogP contribution in [0.5, 0.6) is 5.75 Å². The Hall–Kier alpha value is -2.60. The highest BCUT2D eigenvalue weighted by Gasteiger charge is 2.20. The molecule has 0 spiro atoms. The number of carbonyl (C=O) groups is 1. The van der Waals surface area contributed by atoms with Crippen molar-refractivity contribution in [3.05, 3.63) is 65.5 Å². The molecule has 3 rings (SSSR count). The lowest BCUT2D eigenvalue weighted by Crippen LogP contribution is -2.51. The lowest BCUT2D eigenvalue weighted by atomic mass is 10.2. The van der Waals surface area contributed by atoms with Gasteiger partial charge in [-0.3, -0.25) is 4.90 Å². The van der Waals surface area contributed by atoms with Gasteiger partial charge in [0.05, 0.1) is 7.11 Å². The average molecular weight is 357 g/mol. The number of carbonyl (C=O) groups excluding carboxylic acids is 1. The van der Waals surface area contributed by atoms with Crippen LogP contribution in [0.15, 0.2) is 48.5 Å². The Bertz CT molecular complexity index is 711. The van der Waals surface area contributed by atoms with Crippen LogP contribution in [0, 0.1) is 5.82 Å². The molecule has 0 aliphatic carbocycles. The van der Waals surface area contributed by atoms with E-state index in [0.717, 1.165) is 30.9 Å². The second-order valence-electron chi connectivity index (χ2n) is 6.40. The zero-order chi connectivity index (χ0) is 18.4. The molecule has 0 saturated carbocycles. The van der Waals surface area contributed by atoms with Crippen molar-refractivity contribution in [2.45, 2.75) is 13.1 Å². The Labute approximate surface area is 153 Å². The molecule has 2 aromatic carbocycles. The zero-order valence-corrected chi connectivity index (χ0v) is 15.0. The first kappa shape index (κ1) is 18.2. The van der Waals surface area contributed by atoms with E-state index >= 15 is 0 Å². The van der Waals surface area contributed by atoms with Crippen LogP contribution >= 0.6 is 0 Å². The standard InChI is InChI=1S/C20H24FN3O2/c1-26-19-8-4-17(5-9-19)15-23-10-12-24(13-11-23)20(25)22-14-16-2-6-18(21)7-3-16/h2-9H,10-15H2,1H3,(H,22,25). The van der Waals surface area contributed by atoms with E-state index < -0.39 is 0 Å². The fraction of sp³-hybridized carbons (Fsp3) is 0.350. The molecule has 1 aliphatic heterocycles. The van der Waals surface area contributed by atoms with Crippen LogP contribution in [-0.2, 0) is 13.1 Å². The molecule has 26 heavy (non-hydrogen) atoms.